The molecule has 0 bridgehead atoms. The van der Waals surface area contributed by atoms with Crippen LogP contribution in [0.25, 0.3) is 11.1 Å². The Morgan fingerprint density at radius 2 is 1.90 bits per heavy atom. The van der Waals surface area contributed by atoms with E-state index in [0.717, 1.165) is 24.3 Å². The topological polar surface area (TPSA) is 29.9 Å². The van der Waals surface area contributed by atoms with Crippen molar-refractivity contribution in [1.82, 2.24) is 9.78 Å². The molecule has 3 nitrogen and oxygen atoms in total. The van der Waals surface area contributed by atoms with E-state index < -0.39 is 0 Å². The van der Waals surface area contributed by atoms with Gasteiger partial charge in [0, 0.05) is 18.9 Å². The highest BCUT2D eigenvalue weighted by atomic mass is 15.3. The largest absolute Gasteiger partial charge is 0.379 e. The van der Waals surface area contributed by atoms with Crippen LogP contribution in [0.5, 0.6) is 0 Å². The van der Waals surface area contributed by atoms with Gasteiger partial charge in [0.25, 0.3) is 0 Å². The summed E-state index contributed by atoms with van der Waals surface area (Å²) >= 11 is 0. The predicted octanol–water partition coefficient (Wildman–Crippen LogP) is 3.60. The van der Waals surface area contributed by atoms with Gasteiger partial charge in [-0.1, -0.05) is 30.3 Å². The third-order valence-corrected chi connectivity index (χ3v) is 4.04. The first-order valence-corrected chi connectivity index (χ1v) is 7.23. The molecule has 0 amide bonds. The van der Waals surface area contributed by atoms with Gasteiger partial charge in [0.2, 0.25) is 0 Å². The number of aromatic nitrogens is 2. The van der Waals surface area contributed by atoms with Gasteiger partial charge in [0.15, 0.2) is 0 Å². The lowest BCUT2D eigenvalue weighted by Crippen LogP contribution is -2.01. The highest BCUT2D eigenvalue weighted by molar-refractivity contribution is 5.78. The van der Waals surface area contributed by atoms with Crippen LogP contribution in [0.4, 0.5) is 5.69 Å². The smallest absolute Gasteiger partial charge is 0.0815 e. The monoisotopic (exact) mass is 275 g/mol. The third kappa shape index (κ3) is 2.21. The van der Waals surface area contributed by atoms with Crippen molar-refractivity contribution in [1.29, 1.82) is 0 Å². The minimum Gasteiger partial charge on any atom is -0.379 e. The zero-order valence-corrected chi connectivity index (χ0v) is 12.0. The van der Waals surface area contributed by atoms with Crippen LogP contribution in [0.2, 0.25) is 0 Å². The summed E-state index contributed by atoms with van der Waals surface area (Å²) in [5.74, 6) is 0. The Balaban J connectivity index is 1.56. The molecular weight excluding hydrogens is 258 g/mol. The second-order valence-corrected chi connectivity index (χ2v) is 5.54. The predicted molar refractivity (Wildman–Crippen MR) is 85.2 cm³/mol. The number of nitrogens with one attached hydrogen (secondary N) is 1. The first-order valence-electron chi connectivity index (χ1n) is 7.23. The Bertz CT molecular complexity index is 802. The maximum absolute atomic E-state index is 4.38. The molecule has 0 aliphatic heterocycles. The zero-order valence-electron chi connectivity index (χ0n) is 12.0. The van der Waals surface area contributed by atoms with E-state index in [1.165, 1.54) is 22.3 Å². The molecule has 2 aromatic carbocycles. The van der Waals surface area contributed by atoms with Crippen LogP contribution in [-0.4, -0.2) is 9.78 Å². The fraction of sp³-hybridized carbons (Fsp3) is 0.167. The summed E-state index contributed by atoms with van der Waals surface area (Å²) in [7, 11) is 1.94. The van der Waals surface area contributed by atoms with E-state index in [1.807, 2.05) is 24.0 Å². The maximum Gasteiger partial charge on any atom is 0.0815 e. The second-order valence-electron chi connectivity index (χ2n) is 5.54. The molecule has 0 fully saturated rings. The normalized spacial score (nSPS) is 12.0. The summed E-state index contributed by atoms with van der Waals surface area (Å²) in [4.78, 5) is 0. The van der Waals surface area contributed by atoms with Crippen LogP contribution < -0.4 is 5.32 Å². The van der Waals surface area contributed by atoms with Gasteiger partial charge in [-0.05, 0) is 46.9 Å². The van der Waals surface area contributed by atoms with Crippen LogP contribution in [0.1, 0.15) is 16.8 Å². The molecule has 0 atom stereocenters. The Morgan fingerprint density at radius 1 is 1.05 bits per heavy atom. The quantitative estimate of drug-likeness (QED) is 0.619. The summed E-state index contributed by atoms with van der Waals surface area (Å²) in [6.07, 6.45) is 3.00. The maximum atomic E-state index is 4.38. The minimum absolute atomic E-state index is 0.757. The van der Waals surface area contributed by atoms with Crippen molar-refractivity contribution in [2.24, 2.45) is 7.05 Å². The van der Waals surface area contributed by atoms with Crippen LogP contribution in [0, 0.1) is 0 Å². The van der Waals surface area contributed by atoms with Crippen molar-refractivity contribution in [2.75, 3.05) is 5.32 Å². The number of fused-ring (bicyclic) bond motifs is 3. The molecule has 1 aliphatic rings. The number of aryl methyl sites for hydroxylation is 1. The highest BCUT2D eigenvalue weighted by Gasteiger charge is 2.17. The molecule has 104 valence electrons. The zero-order chi connectivity index (χ0) is 14.2. The third-order valence-electron chi connectivity index (χ3n) is 4.04. The van der Waals surface area contributed by atoms with Gasteiger partial charge in [-0.3, -0.25) is 4.68 Å². The van der Waals surface area contributed by atoms with Crippen molar-refractivity contribution in [3.8, 4) is 11.1 Å². The van der Waals surface area contributed by atoms with Gasteiger partial charge >= 0.3 is 0 Å². The molecule has 1 N–H and O–H groups in total. The van der Waals surface area contributed by atoms with E-state index in [9.17, 15) is 0 Å². The van der Waals surface area contributed by atoms with E-state index in [0.29, 0.717) is 0 Å². The summed E-state index contributed by atoms with van der Waals surface area (Å²) in [5, 5.41) is 7.84. The lowest BCUT2D eigenvalue weighted by Gasteiger charge is -2.07. The molecule has 0 saturated carbocycles. The summed E-state index contributed by atoms with van der Waals surface area (Å²) in [5.41, 5.74) is 7.79. The van der Waals surface area contributed by atoms with Gasteiger partial charge in [-0.15, -0.1) is 0 Å². The van der Waals surface area contributed by atoms with E-state index in [4.69, 9.17) is 0 Å². The lowest BCUT2D eigenvalue weighted by molar-refractivity contribution is 0.747. The molecule has 1 aromatic heterocycles. The Morgan fingerprint density at radius 3 is 2.76 bits per heavy atom. The molecule has 0 radical (unpaired) electrons. The van der Waals surface area contributed by atoms with E-state index in [-0.39, 0.29) is 0 Å². The average molecular weight is 275 g/mol. The number of hydrogen-bond acceptors (Lipinski definition) is 2. The number of benzene rings is 2. The molecular formula is C18H17N3. The number of hydrogen-bond donors (Lipinski definition) is 1. The van der Waals surface area contributed by atoms with E-state index in [1.54, 1.807) is 0 Å². The van der Waals surface area contributed by atoms with Gasteiger partial charge in [-0.2, -0.15) is 5.10 Å². The van der Waals surface area contributed by atoms with Gasteiger partial charge in [0.1, 0.15) is 0 Å². The molecule has 0 unspecified atom stereocenters. The first kappa shape index (κ1) is 12.2. The minimum atomic E-state index is 0.757. The van der Waals surface area contributed by atoms with Crippen molar-refractivity contribution in [3.05, 3.63) is 71.5 Å². The van der Waals surface area contributed by atoms with Gasteiger partial charge < -0.3 is 5.32 Å². The number of rotatable bonds is 3. The molecule has 1 aliphatic carbocycles. The Hall–Kier alpha value is -2.55. The molecule has 3 heteroatoms. The number of nitrogens with zero attached hydrogens (tertiary/aromatic N) is 2. The van der Waals surface area contributed by atoms with E-state index in [2.05, 4.69) is 52.9 Å². The van der Waals surface area contributed by atoms with Crippen LogP contribution in [-0.2, 0) is 20.0 Å². The first-order chi connectivity index (χ1) is 10.3. The van der Waals surface area contributed by atoms with Crippen LogP contribution in [0.3, 0.4) is 0 Å². The summed E-state index contributed by atoms with van der Waals surface area (Å²) < 4.78 is 1.83. The molecule has 3 aromatic rings. The Labute approximate surface area is 124 Å². The molecule has 1 heterocycles. The molecule has 21 heavy (non-hydrogen) atoms. The van der Waals surface area contributed by atoms with Crippen molar-refractivity contribution in [2.45, 2.75) is 13.0 Å². The van der Waals surface area contributed by atoms with Crippen LogP contribution in [0.15, 0.2) is 54.7 Å². The Kier molecular flexibility index (Phi) is 2.78. The molecule has 0 spiro atoms. The van der Waals surface area contributed by atoms with Gasteiger partial charge in [0.05, 0.1) is 12.2 Å². The van der Waals surface area contributed by atoms with Gasteiger partial charge in [-0.25, -0.2) is 0 Å². The highest BCUT2D eigenvalue weighted by Crippen LogP contribution is 2.37. The molecule has 4 rings (SSSR count). The van der Waals surface area contributed by atoms with Crippen LogP contribution >= 0.6 is 0 Å². The van der Waals surface area contributed by atoms with Crippen molar-refractivity contribution < 1.29 is 0 Å². The number of anilines is 1. The average Bonchev–Trinajstić information content (AvgIpc) is 3.07. The fourth-order valence-corrected chi connectivity index (χ4v) is 3.01. The lowest BCUT2D eigenvalue weighted by atomic mass is 10.1. The summed E-state index contributed by atoms with van der Waals surface area (Å²) in [6, 6.07) is 17.3. The second kappa shape index (κ2) is 4.77. The summed E-state index contributed by atoms with van der Waals surface area (Å²) in [6.45, 7) is 0.757. The standard InChI is InChI=1S/C18H17N3/c1-21-9-8-16(20-21)12-19-15-6-7-18-14(11-15)10-13-4-2-3-5-17(13)18/h2-9,11,19H,10,12H2,1H3. The van der Waals surface area contributed by atoms with E-state index >= 15 is 0 Å². The van der Waals surface area contributed by atoms with Crippen molar-refractivity contribution in [3.63, 3.8) is 0 Å². The van der Waals surface area contributed by atoms with Crippen molar-refractivity contribution >= 4 is 5.69 Å². The SMILES string of the molecule is Cn1ccc(CNc2ccc3c(c2)Cc2ccccc2-3)n1. The fourth-order valence-electron chi connectivity index (χ4n) is 3.01. The molecule has 0 saturated heterocycles.